The molecule has 0 spiro atoms. The van der Waals surface area contributed by atoms with E-state index in [0.717, 1.165) is 0 Å². The monoisotopic (exact) mass is 300 g/mol. The summed E-state index contributed by atoms with van der Waals surface area (Å²) in [5.41, 5.74) is 4.98. The lowest BCUT2D eigenvalue weighted by Gasteiger charge is -2.21. The molecule has 0 aromatic carbocycles. The molecule has 1 aliphatic rings. The van der Waals surface area contributed by atoms with E-state index in [1.807, 2.05) is 13.8 Å². The number of β-amino-alcohol motifs (C(OH)–C–C–N with tert-alkyl or cyclic N) is 1. The van der Waals surface area contributed by atoms with Crippen LogP contribution in [0.1, 0.15) is 26.7 Å². The Balaban J connectivity index is 2.58. The average molecular weight is 300 g/mol. The molecule has 8 nitrogen and oxygen atoms in total. The lowest BCUT2D eigenvalue weighted by atomic mass is 10.0. The molecule has 0 aromatic rings. The van der Waals surface area contributed by atoms with E-state index in [-0.39, 0.29) is 18.4 Å². The van der Waals surface area contributed by atoms with Gasteiger partial charge in [-0.15, -0.1) is 0 Å². The second kappa shape index (κ2) is 7.94. The van der Waals surface area contributed by atoms with Crippen molar-refractivity contribution in [2.24, 2.45) is 11.7 Å². The summed E-state index contributed by atoms with van der Waals surface area (Å²) in [4.78, 5) is 34.8. The molecule has 3 atom stereocenters. The molecule has 1 heterocycles. The third-order valence-corrected chi connectivity index (χ3v) is 3.20. The first-order valence-electron chi connectivity index (χ1n) is 7.07. The van der Waals surface area contributed by atoms with E-state index < -0.39 is 30.0 Å². The van der Waals surface area contributed by atoms with Crippen molar-refractivity contribution in [3.63, 3.8) is 0 Å². The molecule has 0 radical (unpaired) electrons. The number of amides is 3. The fraction of sp³-hybridized carbons (Fsp3) is 0.769. The fourth-order valence-electron chi connectivity index (χ4n) is 2.19. The van der Waals surface area contributed by atoms with Crippen molar-refractivity contribution in [2.45, 2.75) is 44.9 Å². The van der Waals surface area contributed by atoms with Crippen molar-refractivity contribution in [1.82, 2.24) is 16.0 Å². The molecule has 1 saturated heterocycles. The van der Waals surface area contributed by atoms with E-state index in [1.165, 1.54) is 0 Å². The van der Waals surface area contributed by atoms with Crippen LogP contribution in [0.25, 0.3) is 0 Å². The summed E-state index contributed by atoms with van der Waals surface area (Å²) in [6, 6.07) is -1.23. The lowest BCUT2D eigenvalue weighted by molar-refractivity contribution is -0.131. The van der Waals surface area contributed by atoms with E-state index in [0.29, 0.717) is 19.4 Å². The zero-order chi connectivity index (χ0) is 16.0. The first-order valence-corrected chi connectivity index (χ1v) is 7.07. The summed E-state index contributed by atoms with van der Waals surface area (Å²) in [6.45, 7) is 3.96. The molecule has 0 aromatic heterocycles. The minimum absolute atomic E-state index is 0.191. The summed E-state index contributed by atoms with van der Waals surface area (Å²) in [6.07, 6.45) is 0.224. The highest BCUT2D eigenvalue weighted by atomic mass is 16.3. The Labute approximate surface area is 123 Å². The van der Waals surface area contributed by atoms with Crippen molar-refractivity contribution in [3.05, 3.63) is 0 Å². The van der Waals surface area contributed by atoms with Gasteiger partial charge in [-0.3, -0.25) is 14.4 Å². The van der Waals surface area contributed by atoms with Crippen molar-refractivity contribution in [1.29, 1.82) is 0 Å². The van der Waals surface area contributed by atoms with Gasteiger partial charge in [-0.05, 0) is 18.8 Å². The average Bonchev–Trinajstić information content (AvgIpc) is 2.81. The summed E-state index contributed by atoms with van der Waals surface area (Å²) in [7, 11) is 0. The number of rotatable bonds is 7. The van der Waals surface area contributed by atoms with E-state index in [9.17, 15) is 19.5 Å². The SMILES string of the molecule is CC(C)C[C@H](NC(=O)[C@@H]1C[C@@H](O)CN1)C(=O)NCC(N)=O. The third-order valence-electron chi connectivity index (χ3n) is 3.20. The Hall–Kier alpha value is -1.67. The fourth-order valence-corrected chi connectivity index (χ4v) is 2.19. The van der Waals surface area contributed by atoms with Crippen LogP contribution < -0.4 is 21.7 Å². The van der Waals surface area contributed by atoms with Crippen molar-refractivity contribution in [3.8, 4) is 0 Å². The van der Waals surface area contributed by atoms with Crippen LogP contribution in [0.15, 0.2) is 0 Å². The highest BCUT2D eigenvalue weighted by Crippen LogP contribution is 2.09. The first-order chi connectivity index (χ1) is 9.79. The van der Waals surface area contributed by atoms with Gasteiger partial charge in [0.2, 0.25) is 17.7 Å². The normalized spacial score (nSPS) is 22.9. The predicted molar refractivity (Wildman–Crippen MR) is 76.0 cm³/mol. The highest BCUT2D eigenvalue weighted by molar-refractivity contribution is 5.91. The number of carbonyl (C=O) groups excluding carboxylic acids is 3. The van der Waals surface area contributed by atoms with Crippen LogP contribution in [-0.4, -0.2) is 54.1 Å². The molecule has 1 rings (SSSR count). The molecular formula is C13H24N4O4. The molecule has 120 valence electrons. The van der Waals surface area contributed by atoms with Gasteiger partial charge in [-0.1, -0.05) is 13.8 Å². The molecule has 6 N–H and O–H groups in total. The molecule has 0 saturated carbocycles. The molecule has 21 heavy (non-hydrogen) atoms. The van der Waals surface area contributed by atoms with Gasteiger partial charge in [0.05, 0.1) is 18.7 Å². The van der Waals surface area contributed by atoms with Gasteiger partial charge < -0.3 is 26.8 Å². The van der Waals surface area contributed by atoms with Gasteiger partial charge in [0.25, 0.3) is 0 Å². The van der Waals surface area contributed by atoms with Crippen LogP contribution in [0.4, 0.5) is 0 Å². The predicted octanol–water partition coefficient (Wildman–Crippen LogP) is -2.16. The maximum Gasteiger partial charge on any atom is 0.243 e. The number of hydrogen-bond donors (Lipinski definition) is 5. The summed E-state index contributed by atoms with van der Waals surface area (Å²) in [5.74, 6) is -1.21. The topological polar surface area (TPSA) is 134 Å². The van der Waals surface area contributed by atoms with Gasteiger partial charge in [-0.2, -0.15) is 0 Å². The van der Waals surface area contributed by atoms with Crippen LogP contribution in [0.3, 0.4) is 0 Å². The van der Waals surface area contributed by atoms with E-state index in [2.05, 4.69) is 16.0 Å². The second-order valence-corrected chi connectivity index (χ2v) is 5.73. The molecule has 8 heteroatoms. The minimum atomic E-state index is -0.726. The van der Waals surface area contributed by atoms with E-state index >= 15 is 0 Å². The van der Waals surface area contributed by atoms with Crippen LogP contribution in [0.5, 0.6) is 0 Å². The van der Waals surface area contributed by atoms with Crippen LogP contribution in [-0.2, 0) is 14.4 Å². The smallest absolute Gasteiger partial charge is 0.243 e. The standard InChI is InChI=1S/C13H24N4O4/c1-7(2)3-10(12(20)16-6-11(14)19)17-13(21)9-4-8(18)5-15-9/h7-10,15,18H,3-6H2,1-2H3,(H2,14,19)(H,16,20)(H,17,21)/t8-,9+,10+/m1/s1. The molecule has 1 aliphatic heterocycles. The lowest BCUT2D eigenvalue weighted by Crippen LogP contribution is -2.52. The number of hydrogen-bond acceptors (Lipinski definition) is 5. The van der Waals surface area contributed by atoms with Crippen molar-refractivity contribution in [2.75, 3.05) is 13.1 Å². The Morgan fingerprint density at radius 3 is 2.52 bits per heavy atom. The van der Waals surface area contributed by atoms with Gasteiger partial charge in [0.1, 0.15) is 6.04 Å². The largest absolute Gasteiger partial charge is 0.392 e. The zero-order valence-corrected chi connectivity index (χ0v) is 12.4. The Morgan fingerprint density at radius 2 is 2.05 bits per heavy atom. The van der Waals surface area contributed by atoms with Crippen LogP contribution in [0.2, 0.25) is 0 Å². The number of aliphatic hydroxyl groups excluding tert-OH is 1. The molecule has 1 fully saturated rings. The van der Waals surface area contributed by atoms with Crippen LogP contribution in [0, 0.1) is 5.92 Å². The van der Waals surface area contributed by atoms with Gasteiger partial charge in [0, 0.05) is 6.54 Å². The number of nitrogens with one attached hydrogen (secondary N) is 3. The maximum absolute atomic E-state index is 12.1. The molecular weight excluding hydrogens is 276 g/mol. The quantitative estimate of drug-likeness (QED) is 0.365. The molecule has 0 aliphatic carbocycles. The van der Waals surface area contributed by atoms with E-state index in [1.54, 1.807) is 0 Å². The van der Waals surface area contributed by atoms with Gasteiger partial charge >= 0.3 is 0 Å². The van der Waals surface area contributed by atoms with E-state index in [4.69, 9.17) is 5.73 Å². The number of carbonyl (C=O) groups is 3. The maximum atomic E-state index is 12.1. The Morgan fingerprint density at radius 1 is 1.38 bits per heavy atom. The zero-order valence-electron chi connectivity index (χ0n) is 12.4. The number of nitrogens with two attached hydrogens (primary N) is 1. The number of aliphatic hydroxyl groups is 1. The van der Waals surface area contributed by atoms with Crippen molar-refractivity contribution >= 4 is 17.7 Å². The summed E-state index contributed by atoms with van der Waals surface area (Å²) in [5, 5.41) is 17.3. The third kappa shape index (κ3) is 6.09. The molecule has 0 unspecified atom stereocenters. The minimum Gasteiger partial charge on any atom is -0.392 e. The Kier molecular flexibility index (Phi) is 6.57. The summed E-state index contributed by atoms with van der Waals surface area (Å²) < 4.78 is 0. The molecule has 0 bridgehead atoms. The van der Waals surface area contributed by atoms with Gasteiger partial charge in [-0.25, -0.2) is 0 Å². The highest BCUT2D eigenvalue weighted by Gasteiger charge is 2.31. The second-order valence-electron chi connectivity index (χ2n) is 5.73. The summed E-state index contributed by atoms with van der Waals surface area (Å²) >= 11 is 0. The number of primary amides is 1. The van der Waals surface area contributed by atoms with Gasteiger partial charge in [0.15, 0.2) is 0 Å². The molecule has 3 amide bonds. The van der Waals surface area contributed by atoms with Crippen molar-refractivity contribution < 1.29 is 19.5 Å². The Bertz CT molecular complexity index is 400. The first kappa shape index (κ1) is 17.4. The van der Waals surface area contributed by atoms with Crippen LogP contribution >= 0.6 is 0 Å².